The largest absolute Gasteiger partial charge is 0.460 e. The topological polar surface area (TPSA) is 26.3 Å². The fourth-order valence-corrected chi connectivity index (χ4v) is 5.15. The van der Waals surface area contributed by atoms with Crippen LogP contribution in [0.25, 0.3) is 21.9 Å². The van der Waals surface area contributed by atoms with Gasteiger partial charge in [0.1, 0.15) is 5.75 Å². The van der Waals surface area contributed by atoms with Crippen LogP contribution in [0, 0.1) is 0 Å². The number of hydrogen-bond acceptors (Lipinski definition) is 2. The van der Waals surface area contributed by atoms with Crippen molar-refractivity contribution in [2.75, 3.05) is 0 Å². The maximum absolute atomic E-state index is 13.3. The van der Waals surface area contributed by atoms with E-state index in [1.54, 1.807) is 0 Å². The first kappa shape index (κ1) is 15.3. The highest BCUT2D eigenvalue weighted by atomic mass is 31.1. The standard InChI is InChI=1S/C23H15O2P/c24-23(18-14-13-16-7-1-2-8-17(16)15-18)26-22-12-6-4-10-20(22)19-9-3-5-11-21(19)25-26/h1-15H. The van der Waals surface area contributed by atoms with Crippen molar-refractivity contribution >= 4 is 29.7 Å². The van der Waals surface area contributed by atoms with Crippen molar-refractivity contribution in [2.45, 2.75) is 0 Å². The molecule has 0 aliphatic carbocycles. The molecular weight excluding hydrogens is 339 g/mol. The van der Waals surface area contributed by atoms with E-state index in [1.807, 2.05) is 78.9 Å². The maximum Gasteiger partial charge on any atom is 0.228 e. The Balaban J connectivity index is 1.62. The van der Waals surface area contributed by atoms with E-state index < -0.39 is 8.15 Å². The van der Waals surface area contributed by atoms with E-state index in [0.29, 0.717) is 5.56 Å². The van der Waals surface area contributed by atoms with E-state index in [1.165, 1.54) is 0 Å². The van der Waals surface area contributed by atoms with Crippen molar-refractivity contribution in [3.05, 3.63) is 96.6 Å². The molecule has 4 aromatic carbocycles. The lowest BCUT2D eigenvalue weighted by Gasteiger charge is -2.27. The molecule has 0 N–H and O–H groups in total. The predicted octanol–water partition coefficient (Wildman–Crippen LogP) is 5.76. The van der Waals surface area contributed by atoms with Gasteiger partial charge in [-0.15, -0.1) is 0 Å². The van der Waals surface area contributed by atoms with Gasteiger partial charge in [0.2, 0.25) is 5.52 Å². The summed E-state index contributed by atoms with van der Waals surface area (Å²) in [6.07, 6.45) is 0. The van der Waals surface area contributed by atoms with Crippen LogP contribution in [-0.4, -0.2) is 5.52 Å². The third-order valence-corrected chi connectivity index (χ3v) is 6.50. The molecule has 0 spiro atoms. The second-order valence-corrected chi connectivity index (χ2v) is 7.93. The van der Waals surface area contributed by atoms with E-state index in [0.717, 1.165) is 33.0 Å². The Morgan fingerprint density at radius 3 is 2.27 bits per heavy atom. The highest BCUT2D eigenvalue weighted by molar-refractivity contribution is 7.78. The number of carbonyl (C=O) groups is 1. The number of carbonyl (C=O) groups excluding carboxylic acids is 1. The fraction of sp³-hybridized carbons (Fsp3) is 0. The summed E-state index contributed by atoms with van der Waals surface area (Å²) in [6, 6.07) is 29.9. The molecule has 5 rings (SSSR count). The Kier molecular flexibility index (Phi) is 3.58. The van der Waals surface area contributed by atoms with Gasteiger partial charge < -0.3 is 4.52 Å². The Bertz CT molecular complexity index is 1150. The second-order valence-electron chi connectivity index (χ2n) is 6.27. The maximum atomic E-state index is 13.3. The minimum Gasteiger partial charge on any atom is -0.460 e. The number of benzene rings is 4. The van der Waals surface area contributed by atoms with Crippen molar-refractivity contribution in [2.24, 2.45) is 0 Å². The first-order valence-electron chi connectivity index (χ1n) is 8.51. The molecule has 0 saturated heterocycles. The molecule has 4 aromatic rings. The quantitative estimate of drug-likeness (QED) is 0.428. The van der Waals surface area contributed by atoms with Crippen LogP contribution in [-0.2, 0) is 0 Å². The van der Waals surface area contributed by atoms with Crippen molar-refractivity contribution < 1.29 is 9.32 Å². The molecule has 1 heterocycles. The Labute approximate surface area is 152 Å². The predicted molar refractivity (Wildman–Crippen MR) is 107 cm³/mol. The van der Waals surface area contributed by atoms with E-state index in [2.05, 4.69) is 12.1 Å². The minimum absolute atomic E-state index is 0.0488. The summed E-state index contributed by atoms with van der Waals surface area (Å²) < 4.78 is 6.20. The molecule has 0 amide bonds. The first-order valence-corrected chi connectivity index (χ1v) is 9.77. The smallest absolute Gasteiger partial charge is 0.228 e. The van der Waals surface area contributed by atoms with Gasteiger partial charge in [0, 0.05) is 16.4 Å². The molecule has 1 aliphatic heterocycles. The number of hydrogen-bond donors (Lipinski definition) is 0. The van der Waals surface area contributed by atoms with E-state index in [4.69, 9.17) is 4.52 Å². The molecule has 0 aromatic heterocycles. The molecule has 124 valence electrons. The Morgan fingerprint density at radius 1 is 0.692 bits per heavy atom. The fourth-order valence-electron chi connectivity index (χ4n) is 3.39. The van der Waals surface area contributed by atoms with Gasteiger partial charge in [-0.25, -0.2) is 0 Å². The molecule has 1 aliphatic rings. The average Bonchev–Trinajstić information content (AvgIpc) is 2.72. The molecule has 2 nitrogen and oxygen atoms in total. The lowest BCUT2D eigenvalue weighted by molar-refractivity contribution is 0.107. The molecular formula is C23H15O2P. The van der Waals surface area contributed by atoms with Crippen molar-refractivity contribution in [3.63, 3.8) is 0 Å². The van der Waals surface area contributed by atoms with Crippen LogP contribution < -0.4 is 9.83 Å². The molecule has 1 unspecified atom stereocenters. The van der Waals surface area contributed by atoms with Crippen LogP contribution in [0.3, 0.4) is 0 Å². The van der Waals surface area contributed by atoms with E-state index in [-0.39, 0.29) is 5.52 Å². The molecule has 26 heavy (non-hydrogen) atoms. The molecule has 1 atom stereocenters. The highest BCUT2D eigenvalue weighted by Gasteiger charge is 2.32. The lowest BCUT2D eigenvalue weighted by Crippen LogP contribution is -2.19. The highest BCUT2D eigenvalue weighted by Crippen LogP contribution is 2.50. The molecule has 3 heteroatoms. The van der Waals surface area contributed by atoms with Crippen molar-refractivity contribution in [1.82, 2.24) is 0 Å². The summed E-state index contributed by atoms with van der Waals surface area (Å²) in [5.41, 5.74) is 2.89. The first-order chi connectivity index (χ1) is 12.8. The molecule has 0 bridgehead atoms. The van der Waals surface area contributed by atoms with Crippen LogP contribution in [0.2, 0.25) is 0 Å². The Hall–Kier alpha value is -2.96. The monoisotopic (exact) mass is 354 g/mol. The summed E-state index contributed by atoms with van der Waals surface area (Å²) in [5, 5.41) is 3.19. The summed E-state index contributed by atoms with van der Waals surface area (Å²) >= 11 is 0. The molecule has 0 radical (unpaired) electrons. The number of para-hydroxylation sites is 1. The van der Waals surface area contributed by atoms with E-state index >= 15 is 0 Å². The average molecular weight is 354 g/mol. The summed E-state index contributed by atoms with van der Waals surface area (Å²) in [4.78, 5) is 13.3. The van der Waals surface area contributed by atoms with Gasteiger partial charge in [-0.1, -0.05) is 78.9 Å². The van der Waals surface area contributed by atoms with Crippen molar-refractivity contribution in [1.29, 1.82) is 0 Å². The summed E-state index contributed by atoms with van der Waals surface area (Å²) in [5.74, 6) is 0.784. The van der Waals surface area contributed by atoms with E-state index in [9.17, 15) is 4.79 Å². The van der Waals surface area contributed by atoms with Gasteiger partial charge in [-0.3, -0.25) is 4.79 Å². The van der Waals surface area contributed by atoms with Crippen LogP contribution >= 0.6 is 8.15 Å². The number of fused-ring (bicyclic) bond motifs is 4. The number of rotatable bonds is 2. The molecule has 0 fully saturated rings. The molecule has 0 saturated carbocycles. The lowest BCUT2D eigenvalue weighted by atomic mass is 10.0. The summed E-state index contributed by atoms with van der Waals surface area (Å²) in [7, 11) is -1.41. The van der Waals surface area contributed by atoms with Gasteiger partial charge in [-0.2, -0.15) is 0 Å². The van der Waals surface area contributed by atoms with Crippen LogP contribution in [0.1, 0.15) is 10.4 Å². The van der Waals surface area contributed by atoms with Gasteiger partial charge in [-0.05, 0) is 28.5 Å². The van der Waals surface area contributed by atoms with Crippen molar-refractivity contribution in [3.8, 4) is 16.9 Å². The van der Waals surface area contributed by atoms with Crippen LogP contribution in [0.15, 0.2) is 91.0 Å². The van der Waals surface area contributed by atoms with Gasteiger partial charge in [0.25, 0.3) is 0 Å². The normalized spacial score (nSPS) is 15.0. The van der Waals surface area contributed by atoms with Crippen LogP contribution in [0.5, 0.6) is 5.75 Å². The third-order valence-electron chi connectivity index (χ3n) is 4.67. The van der Waals surface area contributed by atoms with Crippen LogP contribution in [0.4, 0.5) is 0 Å². The Morgan fingerprint density at radius 2 is 1.38 bits per heavy atom. The zero-order valence-corrected chi connectivity index (χ0v) is 14.8. The van der Waals surface area contributed by atoms with Gasteiger partial charge in [0.05, 0.1) is 0 Å². The minimum atomic E-state index is -1.41. The van der Waals surface area contributed by atoms with Gasteiger partial charge in [0.15, 0.2) is 8.15 Å². The SMILES string of the molecule is O=C(c1ccc2ccccc2c1)P1Oc2ccccc2-c2ccccc21. The second kappa shape index (κ2) is 6.09. The summed E-state index contributed by atoms with van der Waals surface area (Å²) in [6.45, 7) is 0. The zero-order chi connectivity index (χ0) is 17.5. The zero-order valence-electron chi connectivity index (χ0n) is 13.9. The third kappa shape index (κ3) is 2.42. The van der Waals surface area contributed by atoms with Gasteiger partial charge >= 0.3 is 0 Å².